The van der Waals surface area contributed by atoms with Gasteiger partial charge in [-0.05, 0) is 19.3 Å². The summed E-state index contributed by atoms with van der Waals surface area (Å²) in [6.07, 6.45) is 6.79. The van der Waals surface area contributed by atoms with Crippen LogP contribution in [0, 0.1) is 0 Å². The predicted molar refractivity (Wildman–Crippen MR) is 79.8 cm³/mol. The summed E-state index contributed by atoms with van der Waals surface area (Å²) in [6, 6.07) is 0. The number of hydrogen-bond acceptors (Lipinski definition) is 2. The van der Waals surface area contributed by atoms with E-state index < -0.39 is 0 Å². The summed E-state index contributed by atoms with van der Waals surface area (Å²) in [4.78, 5) is 13.7. The summed E-state index contributed by atoms with van der Waals surface area (Å²) in [5.74, 6) is 0.225. The van der Waals surface area contributed by atoms with Crippen molar-refractivity contribution in [3.63, 3.8) is 0 Å². The monoisotopic (exact) mass is 271 g/mol. The van der Waals surface area contributed by atoms with Gasteiger partial charge in [-0.15, -0.1) is 6.58 Å². The Morgan fingerprint density at radius 2 is 1.95 bits per heavy atom. The molecule has 19 heavy (non-hydrogen) atoms. The van der Waals surface area contributed by atoms with Crippen molar-refractivity contribution < 1.29 is 14.4 Å². The summed E-state index contributed by atoms with van der Waals surface area (Å²) in [5, 5.41) is 8.96. The third-order valence-corrected chi connectivity index (χ3v) is 3.47. The second-order valence-corrected chi connectivity index (χ2v) is 5.81. The Kier molecular flexibility index (Phi) is 9.53. The van der Waals surface area contributed by atoms with Crippen LogP contribution in [0.1, 0.15) is 32.1 Å². The average Bonchev–Trinajstić information content (AvgIpc) is 2.35. The second-order valence-electron chi connectivity index (χ2n) is 5.81. The van der Waals surface area contributed by atoms with E-state index in [4.69, 9.17) is 5.11 Å². The molecule has 1 amide bonds. The Hall–Kier alpha value is -0.870. The number of amides is 1. The third kappa shape index (κ3) is 9.68. The van der Waals surface area contributed by atoms with E-state index in [9.17, 15) is 4.79 Å². The molecule has 4 heteroatoms. The van der Waals surface area contributed by atoms with Crippen LogP contribution in [-0.2, 0) is 4.79 Å². The first kappa shape index (κ1) is 18.1. The summed E-state index contributed by atoms with van der Waals surface area (Å²) in [6.45, 7) is 6.23. The fourth-order valence-electron chi connectivity index (χ4n) is 1.86. The zero-order chi connectivity index (χ0) is 14.7. The van der Waals surface area contributed by atoms with Crippen molar-refractivity contribution in [2.75, 3.05) is 47.4 Å². The van der Waals surface area contributed by atoms with Crippen molar-refractivity contribution in [3.05, 3.63) is 12.7 Å². The lowest BCUT2D eigenvalue weighted by molar-refractivity contribution is -0.890. The highest BCUT2D eigenvalue weighted by atomic mass is 16.3. The maximum atomic E-state index is 11.9. The molecule has 0 bridgehead atoms. The van der Waals surface area contributed by atoms with Crippen molar-refractivity contribution in [3.8, 4) is 0 Å². The summed E-state index contributed by atoms with van der Waals surface area (Å²) in [5.41, 5.74) is 0. The van der Waals surface area contributed by atoms with Crippen LogP contribution in [0.4, 0.5) is 0 Å². The Balaban J connectivity index is 3.78. The van der Waals surface area contributed by atoms with Gasteiger partial charge in [-0.2, -0.15) is 0 Å². The van der Waals surface area contributed by atoms with E-state index in [0.717, 1.165) is 49.8 Å². The van der Waals surface area contributed by atoms with Crippen molar-refractivity contribution >= 4 is 5.91 Å². The van der Waals surface area contributed by atoms with Gasteiger partial charge >= 0.3 is 0 Å². The Morgan fingerprint density at radius 1 is 1.26 bits per heavy atom. The zero-order valence-corrected chi connectivity index (χ0v) is 12.9. The van der Waals surface area contributed by atoms with Gasteiger partial charge in [-0.3, -0.25) is 4.79 Å². The molecule has 0 saturated carbocycles. The minimum absolute atomic E-state index is 0.188. The number of likely N-dealkylation sites (N-methyl/N-ethyl adjacent to an activating group) is 2. The third-order valence-electron chi connectivity index (χ3n) is 3.47. The van der Waals surface area contributed by atoms with E-state index in [0.29, 0.717) is 6.42 Å². The molecule has 0 unspecified atom stereocenters. The number of quaternary nitrogens is 1. The zero-order valence-electron chi connectivity index (χ0n) is 12.9. The molecule has 4 nitrogen and oxygen atoms in total. The highest BCUT2D eigenvalue weighted by Gasteiger charge is 2.16. The topological polar surface area (TPSA) is 40.5 Å². The first-order valence-electron chi connectivity index (χ1n) is 7.20. The fourth-order valence-corrected chi connectivity index (χ4v) is 1.86. The maximum absolute atomic E-state index is 11.9. The molecule has 0 saturated heterocycles. The van der Waals surface area contributed by atoms with Crippen molar-refractivity contribution in [2.24, 2.45) is 0 Å². The van der Waals surface area contributed by atoms with E-state index in [-0.39, 0.29) is 12.5 Å². The average molecular weight is 271 g/mol. The number of unbranched alkanes of at least 4 members (excludes halogenated alkanes) is 3. The predicted octanol–water partition coefficient (Wildman–Crippen LogP) is 1.65. The molecule has 0 aromatic carbocycles. The number of hydrogen-bond donors (Lipinski definition) is 1. The molecule has 0 heterocycles. The molecule has 0 aliphatic carbocycles. The first-order chi connectivity index (χ1) is 8.93. The number of carbonyl (C=O) groups excluding carboxylic acids is 1. The van der Waals surface area contributed by atoms with E-state index in [2.05, 4.69) is 20.7 Å². The molecule has 0 aliphatic rings. The second kappa shape index (κ2) is 9.98. The molecule has 0 aliphatic heterocycles. The molecule has 0 rings (SSSR count). The molecular weight excluding hydrogens is 240 g/mol. The van der Waals surface area contributed by atoms with Crippen LogP contribution in [-0.4, -0.2) is 67.8 Å². The summed E-state index contributed by atoms with van der Waals surface area (Å²) in [7, 11) is 6.01. The van der Waals surface area contributed by atoms with Gasteiger partial charge in [0.2, 0.25) is 5.91 Å². The Morgan fingerprint density at radius 3 is 2.53 bits per heavy atom. The number of nitrogens with zero attached hydrogens (tertiary/aromatic N) is 2. The van der Waals surface area contributed by atoms with Gasteiger partial charge in [0.1, 0.15) is 6.54 Å². The molecule has 0 aromatic heterocycles. The molecule has 0 fully saturated rings. The van der Waals surface area contributed by atoms with E-state index in [1.807, 2.05) is 18.0 Å². The fraction of sp³-hybridized carbons (Fsp3) is 0.800. The lowest BCUT2D eigenvalue weighted by Gasteiger charge is -2.31. The van der Waals surface area contributed by atoms with E-state index in [1.165, 1.54) is 0 Å². The van der Waals surface area contributed by atoms with Crippen LogP contribution < -0.4 is 0 Å². The molecule has 0 aromatic rings. The van der Waals surface area contributed by atoms with Crippen LogP contribution in [0.3, 0.4) is 0 Å². The number of aliphatic hydroxyl groups is 1. The minimum Gasteiger partial charge on any atom is -0.391 e. The van der Waals surface area contributed by atoms with Crippen LogP contribution in [0.5, 0.6) is 0 Å². The smallest absolute Gasteiger partial charge is 0.222 e. The molecule has 1 N–H and O–H groups in total. The number of carbonyl (C=O) groups is 1. The molecule has 0 radical (unpaired) electrons. The number of allylic oxidation sites excluding steroid dienone is 1. The standard InChI is InChI=1S/C15H31N2O2/c1-5-6-7-8-9-10-15(19)16(2)11-12-17(3,4)13-14-18/h5,18H,1,6-14H2,2-4H3/q+1. The maximum Gasteiger partial charge on any atom is 0.222 e. The number of aliphatic hydroxyl groups excluding tert-OH is 1. The lowest BCUT2D eigenvalue weighted by atomic mass is 10.1. The highest BCUT2D eigenvalue weighted by molar-refractivity contribution is 5.75. The minimum atomic E-state index is 0.188. The van der Waals surface area contributed by atoms with Gasteiger partial charge in [0.25, 0.3) is 0 Å². The largest absolute Gasteiger partial charge is 0.391 e. The molecular formula is C15H31N2O2+. The van der Waals surface area contributed by atoms with Crippen LogP contribution >= 0.6 is 0 Å². The Bertz CT molecular complexity index is 265. The SMILES string of the molecule is C=CCCCCCC(=O)N(C)CC[N+](C)(C)CCO. The molecule has 112 valence electrons. The summed E-state index contributed by atoms with van der Waals surface area (Å²) < 4.78 is 0.744. The van der Waals surface area contributed by atoms with E-state index >= 15 is 0 Å². The van der Waals surface area contributed by atoms with Crippen LogP contribution in [0.15, 0.2) is 12.7 Å². The van der Waals surface area contributed by atoms with Gasteiger partial charge in [-0.1, -0.05) is 12.5 Å². The number of rotatable bonds is 11. The van der Waals surface area contributed by atoms with Gasteiger partial charge in [0.05, 0.1) is 33.8 Å². The van der Waals surface area contributed by atoms with Crippen molar-refractivity contribution in [2.45, 2.75) is 32.1 Å². The lowest BCUT2D eigenvalue weighted by Crippen LogP contribution is -2.47. The molecule has 0 atom stereocenters. The van der Waals surface area contributed by atoms with Gasteiger partial charge in [0.15, 0.2) is 0 Å². The quantitative estimate of drug-likeness (QED) is 0.353. The van der Waals surface area contributed by atoms with Crippen molar-refractivity contribution in [1.29, 1.82) is 0 Å². The van der Waals surface area contributed by atoms with Crippen molar-refractivity contribution in [1.82, 2.24) is 4.90 Å². The van der Waals surface area contributed by atoms with Gasteiger partial charge in [-0.25, -0.2) is 0 Å². The summed E-state index contributed by atoms with van der Waals surface area (Å²) >= 11 is 0. The highest BCUT2D eigenvalue weighted by Crippen LogP contribution is 2.05. The van der Waals surface area contributed by atoms with E-state index in [1.54, 1.807) is 0 Å². The van der Waals surface area contributed by atoms with Gasteiger partial charge < -0.3 is 14.5 Å². The van der Waals surface area contributed by atoms with Crippen LogP contribution in [0.25, 0.3) is 0 Å². The van der Waals surface area contributed by atoms with Crippen LogP contribution in [0.2, 0.25) is 0 Å². The normalized spacial score (nSPS) is 11.4. The Labute approximate surface area is 118 Å². The van der Waals surface area contributed by atoms with Gasteiger partial charge in [0, 0.05) is 13.5 Å². The first-order valence-corrected chi connectivity index (χ1v) is 7.20. The molecule has 0 spiro atoms.